The molecule has 21 heavy (non-hydrogen) atoms. The smallest absolute Gasteiger partial charge is 0.384 e. The third kappa shape index (κ3) is 2.68. The third-order valence-corrected chi connectivity index (χ3v) is 4.53. The van der Waals surface area contributed by atoms with E-state index in [1.54, 1.807) is 0 Å². The van der Waals surface area contributed by atoms with Crippen LogP contribution >= 0.6 is 23.2 Å². The average Bonchev–Trinajstić information content (AvgIpc) is 2.73. The third-order valence-electron chi connectivity index (χ3n) is 2.49. The second-order valence-corrected chi connectivity index (χ2v) is 6.61. The number of aromatic nitrogens is 2. The first-order valence-electron chi connectivity index (χ1n) is 5.16. The minimum atomic E-state index is -5.55. The summed E-state index contributed by atoms with van der Waals surface area (Å²) in [6.07, 6.45) is 1.32. The largest absolute Gasteiger partial charge is 0.501 e. The Labute approximate surface area is 127 Å². The number of sulfone groups is 1. The maximum absolute atomic E-state index is 12.5. The van der Waals surface area contributed by atoms with Gasteiger partial charge in [0.25, 0.3) is 9.84 Å². The summed E-state index contributed by atoms with van der Waals surface area (Å²) in [5.74, 6) is 0.130. The maximum Gasteiger partial charge on any atom is 0.501 e. The topological polar surface area (TPSA) is 78.0 Å². The number of nitrogens with two attached hydrogens (primary N) is 1. The molecule has 0 bridgehead atoms. The van der Waals surface area contributed by atoms with Crippen molar-refractivity contribution in [3.8, 4) is 5.69 Å². The SMILES string of the molecule is Nc1ccnn1-c1c(Cl)cc(S(=O)(=O)C(F)(F)F)cc1Cl. The molecule has 0 aliphatic carbocycles. The summed E-state index contributed by atoms with van der Waals surface area (Å²) in [5, 5.41) is 3.13. The molecule has 0 saturated heterocycles. The van der Waals surface area contributed by atoms with Gasteiger partial charge in [-0.25, -0.2) is 13.1 Å². The van der Waals surface area contributed by atoms with E-state index in [1.165, 1.54) is 12.3 Å². The van der Waals surface area contributed by atoms with Crippen LogP contribution in [0.1, 0.15) is 0 Å². The molecule has 0 radical (unpaired) electrons. The number of alkyl halides is 3. The predicted octanol–water partition coefficient (Wildman–Crippen LogP) is 3.05. The zero-order chi connectivity index (χ0) is 16.0. The molecule has 2 N–H and O–H groups in total. The van der Waals surface area contributed by atoms with E-state index in [9.17, 15) is 21.6 Å². The van der Waals surface area contributed by atoms with Crippen LogP contribution in [0.15, 0.2) is 29.3 Å². The Morgan fingerprint density at radius 3 is 2.10 bits per heavy atom. The highest BCUT2D eigenvalue weighted by molar-refractivity contribution is 7.92. The van der Waals surface area contributed by atoms with Crippen LogP contribution in [0, 0.1) is 0 Å². The molecule has 0 aliphatic rings. The minimum Gasteiger partial charge on any atom is -0.384 e. The first kappa shape index (κ1) is 15.9. The minimum absolute atomic E-state index is 0.0121. The van der Waals surface area contributed by atoms with Crippen molar-refractivity contribution in [2.75, 3.05) is 5.73 Å². The molecule has 1 heterocycles. The second-order valence-electron chi connectivity index (χ2n) is 3.85. The fraction of sp³-hybridized carbons (Fsp3) is 0.100. The first-order chi connectivity index (χ1) is 9.55. The molecule has 2 rings (SSSR count). The molecule has 0 atom stereocenters. The predicted molar refractivity (Wildman–Crippen MR) is 71.2 cm³/mol. The monoisotopic (exact) mass is 359 g/mol. The Hall–Kier alpha value is -1.45. The lowest BCUT2D eigenvalue weighted by atomic mass is 10.3. The Bertz CT molecular complexity index is 779. The lowest BCUT2D eigenvalue weighted by Crippen LogP contribution is -2.23. The van der Waals surface area contributed by atoms with E-state index in [0.29, 0.717) is 12.1 Å². The number of benzene rings is 1. The zero-order valence-electron chi connectivity index (χ0n) is 9.90. The Kier molecular flexibility index (Phi) is 3.85. The fourth-order valence-electron chi connectivity index (χ4n) is 1.53. The Morgan fingerprint density at radius 1 is 1.19 bits per heavy atom. The number of anilines is 1. The van der Waals surface area contributed by atoms with Crippen molar-refractivity contribution in [2.45, 2.75) is 10.4 Å². The molecule has 1 aromatic carbocycles. The van der Waals surface area contributed by atoms with Crippen molar-refractivity contribution in [2.24, 2.45) is 0 Å². The highest BCUT2D eigenvalue weighted by Gasteiger charge is 2.47. The van der Waals surface area contributed by atoms with Crippen molar-refractivity contribution in [1.29, 1.82) is 0 Å². The average molecular weight is 360 g/mol. The summed E-state index contributed by atoms with van der Waals surface area (Å²) in [5.41, 5.74) is 0.124. The van der Waals surface area contributed by atoms with Crippen molar-refractivity contribution in [3.63, 3.8) is 0 Å². The molecule has 114 valence electrons. The number of nitrogens with zero attached hydrogens (tertiary/aromatic N) is 2. The lowest BCUT2D eigenvalue weighted by molar-refractivity contribution is -0.0436. The van der Waals surface area contributed by atoms with Gasteiger partial charge in [0.05, 0.1) is 21.1 Å². The molecule has 2 aromatic rings. The van der Waals surface area contributed by atoms with Gasteiger partial charge in [-0.05, 0) is 12.1 Å². The molecule has 0 saturated carbocycles. The van der Waals surface area contributed by atoms with Crippen LogP contribution in [0.2, 0.25) is 10.0 Å². The van der Waals surface area contributed by atoms with Crippen molar-refractivity contribution < 1.29 is 21.6 Å². The van der Waals surface area contributed by atoms with E-state index in [2.05, 4.69) is 5.10 Å². The van der Waals surface area contributed by atoms with Gasteiger partial charge in [-0.15, -0.1) is 0 Å². The summed E-state index contributed by atoms with van der Waals surface area (Å²) in [6, 6.07) is 2.70. The normalized spacial score (nSPS) is 12.6. The molecular formula is C10H6Cl2F3N3O2S. The summed E-state index contributed by atoms with van der Waals surface area (Å²) in [4.78, 5) is -1.06. The van der Waals surface area contributed by atoms with Crippen molar-refractivity contribution >= 4 is 38.9 Å². The summed E-state index contributed by atoms with van der Waals surface area (Å²) in [7, 11) is -5.55. The maximum atomic E-state index is 12.5. The lowest BCUT2D eigenvalue weighted by Gasteiger charge is -2.13. The van der Waals surface area contributed by atoms with E-state index >= 15 is 0 Å². The fourth-order valence-corrected chi connectivity index (χ4v) is 3.12. The Morgan fingerprint density at radius 2 is 1.71 bits per heavy atom. The van der Waals surface area contributed by atoms with Gasteiger partial charge >= 0.3 is 5.51 Å². The van der Waals surface area contributed by atoms with Gasteiger partial charge in [-0.1, -0.05) is 23.2 Å². The van der Waals surface area contributed by atoms with Gasteiger partial charge in [-0.3, -0.25) is 0 Å². The van der Waals surface area contributed by atoms with Gasteiger partial charge in [0.1, 0.15) is 11.5 Å². The molecular weight excluding hydrogens is 354 g/mol. The molecule has 0 amide bonds. The van der Waals surface area contributed by atoms with E-state index < -0.39 is 20.2 Å². The van der Waals surface area contributed by atoms with Gasteiger partial charge in [-0.2, -0.15) is 18.3 Å². The molecule has 0 fully saturated rings. The Balaban J connectivity index is 2.67. The van der Waals surface area contributed by atoms with Gasteiger partial charge in [0.2, 0.25) is 0 Å². The number of rotatable bonds is 2. The van der Waals surface area contributed by atoms with E-state index in [-0.39, 0.29) is 21.6 Å². The van der Waals surface area contributed by atoms with Crippen LogP contribution < -0.4 is 5.73 Å². The number of hydrogen-bond donors (Lipinski definition) is 1. The van der Waals surface area contributed by atoms with E-state index in [0.717, 1.165) is 4.68 Å². The quantitative estimate of drug-likeness (QED) is 0.893. The van der Waals surface area contributed by atoms with Gasteiger partial charge < -0.3 is 5.73 Å². The van der Waals surface area contributed by atoms with Crippen LogP contribution in [0.3, 0.4) is 0 Å². The molecule has 0 unspecified atom stereocenters. The standard InChI is InChI=1S/C10H6Cl2F3N3O2S/c11-6-3-5(21(19,20)10(13,14)15)4-7(12)9(6)18-8(16)1-2-17-18/h1-4H,16H2. The number of hydrogen-bond acceptors (Lipinski definition) is 4. The molecule has 0 aliphatic heterocycles. The van der Waals surface area contributed by atoms with Crippen molar-refractivity contribution in [3.05, 3.63) is 34.4 Å². The van der Waals surface area contributed by atoms with Crippen LogP contribution in [0.25, 0.3) is 5.69 Å². The molecule has 0 spiro atoms. The van der Waals surface area contributed by atoms with Crippen LogP contribution in [0.5, 0.6) is 0 Å². The highest BCUT2D eigenvalue weighted by atomic mass is 35.5. The number of halogens is 5. The summed E-state index contributed by atoms with van der Waals surface area (Å²) in [6.45, 7) is 0. The highest BCUT2D eigenvalue weighted by Crippen LogP contribution is 2.37. The van der Waals surface area contributed by atoms with E-state index in [4.69, 9.17) is 28.9 Å². The molecule has 5 nitrogen and oxygen atoms in total. The summed E-state index contributed by atoms with van der Waals surface area (Å²) < 4.78 is 61.3. The second kappa shape index (κ2) is 5.08. The first-order valence-corrected chi connectivity index (χ1v) is 7.40. The van der Waals surface area contributed by atoms with Crippen LogP contribution in [0.4, 0.5) is 19.0 Å². The molecule has 1 aromatic heterocycles. The molecule has 11 heteroatoms. The van der Waals surface area contributed by atoms with Gasteiger partial charge in [0.15, 0.2) is 0 Å². The van der Waals surface area contributed by atoms with Crippen molar-refractivity contribution in [1.82, 2.24) is 9.78 Å². The summed E-state index contributed by atoms with van der Waals surface area (Å²) >= 11 is 11.6. The number of nitrogen functional groups attached to an aromatic ring is 1. The van der Waals surface area contributed by atoms with E-state index in [1.807, 2.05) is 0 Å². The van der Waals surface area contributed by atoms with Crippen LogP contribution in [-0.4, -0.2) is 23.7 Å². The van der Waals surface area contributed by atoms with Crippen LogP contribution in [-0.2, 0) is 9.84 Å². The van der Waals surface area contributed by atoms with Gasteiger partial charge in [0, 0.05) is 6.07 Å². The zero-order valence-corrected chi connectivity index (χ0v) is 12.2.